The summed E-state index contributed by atoms with van der Waals surface area (Å²) in [5, 5.41) is 8.43. The summed E-state index contributed by atoms with van der Waals surface area (Å²) in [6.07, 6.45) is -4.30. The topological polar surface area (TPSA) is 73.5 Å². The van der Waals surface area contributed by atoms with Crippen molar-refractivity contribution in [1.82, 2.24) is 5.32 Å². The molecule has 35 heavy (non-hydrogen) atoms. The van der Waals surface area contributed by atoms with E-state index in [4.69, 9.17) is 23.2 Å². The minimum absolute atomic E-state index is 0.0279. The van der Waals surface area contributed by atoms with Crippen molar-refractivity contribution >= 4 is 52.3 Å². The molecule has 0 aliphatic rings. The van der Waals surface area contributed by atoms with Gasteiger partial charge in [-0.25, -0.2) is 9.59 Å². The maximum absolute atomic E-state index is 13.2. The zero-order chi connectivity index (χ0) is 25.4. The second kappa shape index (κ2) is 11.8. The summed E-state index contributed by atoms with van der Waals surface area (Å²) in [5.41, 5.74) is 0.0900. The van der Waals surface area contributed by atoms with Crippen LogP contribution >= 0.6 is 23.2 Å². The molecule has 0 aliphatic heterocycles. The average Bonchev–Trinajstić information content (AvgIpc) is 2.81. The Hall–Kier alpha value is -3.43. The molecule has 3 aromatic carbocycles. The molecule has 3 aromatic rings. The maximum atomic E-state index is 13.2. The van der Waals surface area contributed by atoms with Gasteiger partial charge in [0.1, 0.15) is 0 Å². The van der Waals surface area contributed by atoms with Crippen molar-refractivity contribution in [2.75, 3.05) is 28.6 Å². The zero-order valence-corrected chi connectivity index (χ0v) is 19.7. The van der Waals surface area contributed by atoms with Crippen LogP contribution in [0.25, 0.3) is 0 Å². The Balaban J connectivity index is 1.69. The van der Waals surface area contributed by atoms with Gasteiger partial charge < -0.3 is 16.0 Å². The van der Waals surface area contributed by atoms with E-state index in [0.717, 1.165) is 17.0 Å². The van der Waals surface area contributed by atoms with Crippen molar-refractivity contribution in [2.24, 2.45) is 0 Å². The molecule has 0 heterocycles. The summed E-state index contributed by atoms with van der Waals surface area (Å²) in [6, 6.07) is 16.6. The lowest BCUT2D eigenvalue weighted by molar-refractivity contribution is -0.137. The monoisotopic (exact) mass is 524 g/mol. The van der Waals surface area contributed by atoms with E-state index < -0.39 is 23.8 Å². The number of carbonyl (C=O) groups is 2. The summed E-state index contributed by atoms with van der Waals surface area (Å²) in [4.78, 5) is 26.2. The van der Waals surface area contributed by atoms with Gasteiger partial charge in [-0.2, -0.15) is 13.2 Å². The fourth-order valence-corrected chi connectivity index (χ4v) is 3.40. The molecule has 6 nitrogen and oxygen atoms in total. The number of hydrogen-bond acceptors (Lipinski definition) is 2. The van der Waals surface area contributed by atoms with E-state index in [2.05, 4.69) is 16.0 Å². The number of amides is 4. The van der Waals surface area contributed by atoms with Crippen LogP contribution in [0.15, 0.2) is 72.8 Å². The number of alkyl halides is 3. The molecular formula is C24H21Cl2F3N4O2. The minimum Gasteiger partial charge on any atom is -0.338 e. The quantitative estimate of drug-likeness (QED) is 0.284. The molecule has 3 N–H and O–H groups in total. The number of urea groups is 2. The second-order valence-corrected chi connectivity index (χ2v) is 8.17. The van der Waals surface area contributed by atoms with Gasteiger partial charge in [-0.05, 0) is 55.0 Å². The molecule has 0 atom stereocenters. The number of rotatable bonds is 7. The molecule has 0 saturated heterocycles. The molecule has 0 aliphatic carbocycles. The van der Waals surface area contributed by atoms with Gasteiger partial charge in [0.05, 0.1) is 15.6 Å². The standard InChI is InChI=1S/C24H21Cl2F3N4O2/c25-20-11-10-18(15-21(20)26)32-23(35)33(19-9-4-6-16(14-19)24(27,28)29)13-5-12-30-22(34)31-17-7-2-1-3-8-17/h1-4,6-11,14-15H,5,12-13H2,(H,32,35)(H2,30,31,34). The lowest BCUT2D eigenvalue weighted by atomic mass is 10.1. The van der Waals surface area contributed by atoms with Gasteiger partial charge in [-0.1, -0.05) is 47.5 Å². The highest BCUT2D eigenvalue weighted by Crippen LogP contribution is 2.32. The first kappa shape index (κ1) is 26.2. The number of nitrogens with one attached hydrogen (secondary N) is 3. The third-order valence-electron chi connectivity index (χ3n) is 4.78. The molecule has 11 heteroatoms. The number of benzene rings is 3. The summed E-state index contributed by atoms with van der Waals surface area (Å²) < 4.78 is 39.7. The van der Waals surface area contributed by atoms with Crippen molar-refractivity contribution in [2.45, 2.75) is 12.6 Å². The molecule has 0 aromatic heterocycles. The highest BCUT2D eigenvalue weighted by Gasteiger charge is 2.31. The molecule has 0 radical (unpaired) electrons. The molecule has 0 saturated carbocycles. The molecular weight excluding hydrogens is 504 g/mol. The number of nitrogens with zero attached hydrogens (tertiary/aromatic N) is 1. The van der Waals surface area contributed by atoms with Gasteiger partial charge in [0.25, 0.3) is 0 Å². The Kier molecular flexibility index (Phi) is 8.84. The van der Waals surface area contributed by atoms with Gasteiger partial charge in [0.2, 0.25) is 0 Å². The van der Waals surface area contributed by atoms with E-state index in [9.17, 15) is 22.8 Å². The molecule has 4 amide bonds. The van der Waals surface area contributed by atoms with Crippen LogP contribution in [0.1, 0.15) is 12.0 Å². The van der Waals surface area contributed by atoms with Crippen LogP contribution in [-0.4, -0.2) is 25.2 Å². The summed E-state index contributed by atoms with van der Waals surface area (Å²) in [5.74, 6) is 0. The summed E-state index contributed by atoms with van der Waals surface area (Å²) >= 11 is 11.9. The van der Waals surface area contributed by atoms with Crippen LogP contribution in [0.3, 0.4) is 0 Å². The van der Waals surface area contributed by atoms with Gasteiger partial charge in [0.15, 0.2) is 0 Å². The third kappa shape index (κ3) is 7.80. The summed E-state index contributed by atoms with van der Waals surface area (Å²) in [7, 11) is 0. The smallest absolute Gasteiger partial charge is 0.338 e. The van der Waals surface area contributed by atoms with Crippen molar-refractivity contribution < 1.29 is 22.8 Å². The molecule has 0 unspecified atom stereocenters. The number of hydrogen-bond donors (Lipinski definition) is 3. The van der Waals surface area contributed by atoms with Crippen molar-refractivity contribution in [3.05, 3.63) is 88.4 Å². The molecule has 184 valence electrons. The first-order valence-corrected chi connectivity index (χ1v) is 11.2. The number of halogens is 5. The Bertz CT molecular complexity index is 1180. The molecule has 0 spiro atoms. The fourth-order valence-electron chi connectivity index (χ4n) is 3.10. The van der Waals surface area contributed by atoms with Crippen molar-refractivity contribution in [3.8, 4) is 0 Å². The van der Waals surface area contributed by atoms with Crippen molar-refractivity contribution in [1.29, 1.82) is 0 Å². The van der Waals surface area contributed by atoms with E-state index in [0.29, 0.717) is 16.4 Å². The number of anilines is 3. The van der Waals surface area contributed by atoms with Crippen LogP contribution in [-0.2, 0) is 6.18 Å². The van der Waals surface area contributed by atoms with Crippen LogP contribution < -0.4 is 20.9 Å². The predicted molar refractivity (Wildman–Crippen MR) is 132 cm³/mol. The van der Waals surface area contributed by atoms with Gasteiger partial charge in [-0.3, -0.25) is 4.90 Å². The predicted octanol–water partition coefficient (Wildman–Crippen LogP) is 7.26. The zero-order valence-electron chi connectivity index (χ0n) is 18.2. The largest absolute Gasteiger partial charge is 0.416 e. The molecule has 3 rings (SSSR count). The van der Waals surface area contributed by atoms with Gasteiger partial charge in [0, 0.05) is 30.2 Å². The Morgan fingerprint density at radius 3 is 2.26 bits per heavy atom. The van der Waals surface area contributed by atoms with Crippen molar-refractivity contribution in [3.63, 3.8) is 0 Å². The number of carbonyl (C=O) groups excluding carboxylic acids is 2. The van der Waals surface area contributed by atoms with Crippen LogP contribution in [0.2, 0.25) is 10.0 Å². The second-order valence-electron chi connectivity index (χ2n) is 7.36. The third-order valence-corrected chi connectivity index (χ3v) is 5.52. The van der Waals surface area contributed by atoms with Crippen LogP contribution in [0.4, 0.5) is 39.8 Å². The first-order valence-electron chi connectivity index (χ1n) is 10.4. The van der Waals surface area contributed by atoms with E-state index >= 15 is 0 Å². The van der Waals surface area contributed by atoms with Crippen LogP contribution in [0, 0.1) is 0 Å². The fraction of sp³-hybridized carbons (Fsp3) is 0.167. The van der Waals surface area contributed by atoms with E-state index in [1.54, 1.807) is 24.3 Å². The van der Waals surface area contributed by atoms with Crippen LogP contribution in [0.5, 0.6) is 0 Å². The Morgan fingerprint density at radius 2 is 1.57 bits per heavy atom. The Labute approximate surface area is 210 Å². The first-order chi connectivity index (χ1) is 16.6. The lowest BCUT2D eigenvalue weighted by Crippen LogP contribution is -2.38. The SMILES string of the molecule is O=C(NCCCN(C(=O)Nc1ccc(Cl)c(Cl)c1)c1cccc(C(F)(F)F)c1)Nc1ccccc1. The highest BCUT2D eigenvalue weighted by atomic mass is 35.5. The minimum atomic E-state index is -4.57. The normalized spacial score (nSPS) is 11.0. The maximum Gasteiger partial charge on any atom is 0.416 e. The number of para-hydroxylation sites is 1. The van der Waals surface area contributed by atoms with E-state index in [-0.39, 0.29) is 30.2 Å². The van der Waals surface area contributed by atoms with Gasteiger partial charge >= 0.3 is 18.2 Å². The average molecular weight is 525 g/mol. The van der Waals surface area contributed by atoms with Gasteiger partial charge in [-0.15, -0.1) is 0 Å². The Morgan fingerprint density at radius 1 is 0.829 bits per heavy atom. The van der Waals surface area contributed by atoms with E-state index in [1.807, 2.05) is 6.07 Å². The molecule has 0 fully saturated rings. The lowest BCUT2D eigenvalue weighted by Gasteiger charge is -2.24. The molecule has 0 bridgehead atoms. The van der Waals surface area contributed by atoms with E-state index in [1.165, 1.54) is 30.3 Å². The summed E-state index contributed by atoms with van der Waals surface area (Å²) in [6.45, 7) is 0.203. The highest BCUT2D eigenvalue weighted by molar-refractivity contribution is 6.42.